The van der Waals surface area contributed by atoms with Crippen LogP contribution in [0.25, 0.3) is 0 Å². The number of urea groups is 1. The third-order valence-corrected chi connectivity index (χ3v) is 5.81. The number of hydrogen-bond donors (Lipinski definition) is 1. The van der Waals surface area contributed by atoms with Crippen LogP contribution in [0.3, 0.4) is 0 Å². The van der Waals surface area contributed by atoms with Crippen molar-refractivity contribution in [2.75, 3.05) is 19.6 Å². The third-order valence-electron chi connectivity index (χ3n) is 5.81. The molecule has 1 N–H and O–H groups in total. The molecule has 27 heavy (non-hydrogen) atoms. The molecule has 1 atom stereocenters. The van der Waals surface area contributed by atoms with E-state index in [1.165, 1.54) is 32.0 Å². The van der Waals surface area contributed by atoms with Crippen LogP contribution in [0.1, 0.15) is 57.4 Å². The molecular formula is C20H31N5O2. The molecule has 7 heteroatoms. The van der Waals surface area contributed by atoms with Crippen molar-refractivity contribution >= 4 is 11.9 Å². The lowest BCUT2D eigenvalue weighted by Crippen LogP contribution is -2.43. The molecule has 1 aliphatic heterocycles. The minimum absolute atomic E-state index is 0.0494. The quantitative estimate of drug-likeness (QED) is 0.860. The van der Waals surface area contributed by atoms with Crippen molar-refractivity contribution in [2.45, 2.75) is 64.5 Å². The van der Waals surface area contributed by atoms with Crippen LogP contribution >= 0.6 is 0 Å². The summed E-state index contributed by atoms with van der Waals surface area (Å²) in [6.07, 6.45) is 12.7. The summed E-state index contributed by atoms with van der Waals surface area (Å²) in [6.45, 7) is 4.38. The van der Waals surface area contributed by atoms with E-state index >= 15 is 0 Å². The fourth-order valence-corrected chi connectivity index (χ4v) is 4.26. The van der Waals surface area contributed by atoms with Gasteiger partial charge in [0.1, 0.15) is 6.33 Å². The van der Waals surface area contributed by atoms with E-state index in [0.717, 1.165) is 37.9 Å². The first-order valence-corrected chi connectivity index (χ1v) is 10.2. The van der Waals surface area contributed by atoms with Crippen molar-refractivity contribution in [2.24, 2.45) is 5.92 Å². The molecule has 2 heterocycles. The van der Waals surface area contributed by atoms with Crippen molar-refractivity contribution < 1.29 is 9.59 Å². The fourth-order valence-electron chi connectivity index (χ4n) is 4.26. The van der Waals surface area contributed by atoms with Gasteiger partial charge in [-0.25, -0.2) is 14.8 Å². The summed E-state index contributed by atoms with van der Waals surface area (Å²) in [5, 5.41) is 3.12. The molecule has 0 radical (unpaired) electrons. The number of likely N-dealkylation sites (tertiary alicyclic amines) is 1. The molecule has 148 valence electrons. The number of carbonyl (C=O) groups excluding carboxylic acids is 2. The number of nitrogens with one attached hydrogen (secondary N) is 1. The summed E-state index contributed by atoms with van der Waals surface area (Å²) in [6, 6.07) is 0.198. The van der Waals surface area contributed by atoms with Gasteiger partial charge in [-0.05, 0) is 38.0 Å². The number of rotatable bonds is 5. The van der Waals surface area contributed by atoms with E-state index in [1.807, 2.05) is 9.80 Å². The summed E-state index contributed by atoms with van der Waals surface area (Å²) in [5.74, 6) is 0.706. The minimum Gasteiger partial charge on any atom is -0.338 e. The second kappa shape index (κ2) is 9.67. The van der Waals surface area contributed by atoms with Crippen LogP contribution in [0.5, 0.6) is 0 Å². The number of amides is 3. The molecule has 1 aliphatic carbocycles. The maximum Gasteiger partial charge on any atom is 0.317 e. The summed E-state index contributed by atoms with van der Waals surface area (Å²) >= 11 is 0. The van der Waals surface area contributed by atoms with Crippen LogP contribution in [0.15, 0.2) is 18.7 Å². The minimum atomic E-state index is 0.0494. The lowest BCUT2D eigenvalue weighted by molar-refractivity contribution is -0.132. The van der Waals surface area contributed by atoms with Gasteiger partial charge in [-0.2, -0.15) is 0 Å². The summed E-state index contributed by atoms with van der Waals surface area (Å²) in [7, 11) is 0. The fraction of sp³-hybridized carbons (Fsp3) is 0.700. The SMILES string of the molecule is CC(=O)N(Cc1cncnc1)C1CCCN(C(=O)NCC2CCCC2)CC1. The van der Waals surface area contributed by atoms with E-state index in [0.29, 0.717) is 19.0 Å². The molecule has 1 saturated carbocycles. The van der Waals surface area contributed by atoms with Gasteiger partial charge >= 0.3 is 6.03 Å². The van der Waals surface area contributed by atoms with Gasteiger partial charge in [0.15, 0.2) is 0 Å². The van der Waals surface area contributed by atoms with Crippen LogP contribution in [0.2, 0.25) is 0 Å². The molecule has 0 spiro atoms. The Bertz CT molecular complexity index is 618. The van der Waals surface area contributed by atoms with E-state index in [4.69, 9.17) is 0 Å². The van der Waals surface area contributed by atoms with E-state index < -0.39 is 0 Å². The molecule has 1 aromatic heterocycles. The molecule has 3 rings (SSSR count). The van der Waals surface area contributed by atoms with E-state index in [9.17, 15) is 9.59 Å². The summed E-state index contributed by atoms with van der Waals surface area (Å²) in [4.78, 5) is 36.6. The van der Waals surface area contributed by atoms with Crippen LogP contribution in [-0.4, -0.2) is 57.4 Å². The highest BCUT2D eigenvalue weighted by atomic mass is 16.2. The Balaban J connectivity index is 1.52. The molecular weight excluding hydrogens is 342 g/mol. The Morgan fingerprint density at radius 3 is 2.56 bits per heavy atom. The van der Waals surface area contributed by atoms with Gasteiger partial charge in [-0.1, -0.05) is 12.8 Å². The Morgan fingerprint density at radius 2 is 1.85 bits per heavy atom. The van der Waals surface area contributed by atoms with Gasteiger partial charge in [0.05, 0.1) is 0 Å². The standard InChI is InChI=1S/C20H31N5O2/c1-16(26)25(14-18-11-21-15-22-12-18)19-7-4-9-24(10-8-19)20(27)23-13-17-5-2-3-6-17/h11-12,15,17,19H,2-10,13-14H2,1H3,(H,23,27). The van der Waals surface area contributed by atoms with Gasteiger partial charge in [0.2, 0.25) is 5.91 Å². The lowest BCUT2D eigenvalue weighted by atomic mass is 10.1. The zero-order chi connectivity index (χ0) is 19.1. The second-order valence-electron chi connectivity index (χ2n) is 7.80. The summed E-state index contributed by atoms with van der Waals surface area (Å²) < 4.78 is 0. The largest absolute Gasteiger partial charge is 0.338 e. The molecule has 0 aromatic carbocycles. The molecule has 2 aliphatic rings. The van der Waals surface area contributed by atoms with Crippen LogP contribution < -0.4 is 5.32 Å². The van der Waals surface area contributed by atoms with E-state index in [1.54, 1.807) is 19.3 Å². The maximum absolute atomic E-state index is 12.5. The van der Waals surface area contributed by atoms with Crippen molar-refractivity contribution in [1.29, 1.82) is 0 Å². The predicted octanol–water partition coefficient (Wildman–Crippen LogP) is 2.58. The smallest absolute Gasteiger partial charge is 0.317 e. The highest BCUT2D eigenvalue weighted by Crippen LogP contribution is 2.24. The van der Waals surface area contributed by atoms with Gasteiger partial charge in [-0.15, -0.1) is 0 Å². The molecule has 1 saturated heterocycles. The molecule has 3 amide bonds. The molecule has 7 nitrogen and oxygen atoms in total. The average molecular weight is 374 g/mol. The highest BCUT2D eigenvalue weighted by Gasteiger charge is 2.27. The normalized spacial score (nSPS) is 20.9. The monoisotopic (exact) mass is 373 g/mol. The van der Waals surface area contributed by atoms with Crippen LogP contribution in [-0.2, 0) is 11.3 Å². The maximum atomic E-state index is 12.5. The molecule has 0 bridgehead atoms. The Morgan fingerprint density at radius 1 is 1.11 bits per heavy atom. The Labute approximate surface area is 161 Å². The first-order valence-electron chi connectivity index (χ1n) is 10.2. The lowest BCUT2D eigenvalue weighted by Gasteiger charge is -2.30. The van der Waals surface area contributed by atoms with Crippen molar-refractivity contribution in [3.05, 3.63) is 24.3 Å². The Kier molecular flexibility index (Phi) is 7.01. The van der Waals surface area contributed by atoms with E-state index in [-0.39, 0.29) is 18.0 Å². The first kappa shape index (κ1) is 19.6. The number of aromatic nitrogens is 2. The number of hydrogen-bond acceptors (Lipinski definition) is 4. The molecule has 1 aromatic rings. The zero-order valence-corrected chi connectivity index (χ0v) is 16.3. The van der Waals surface area contributed by atoms with Crippen molar-refractivity contribution in [3.63, 3.8) is 0 Å². The predicted molar refractivity (Wildman–Crippen MR) is 103 cm³/mol. The van der Waals surface area contributed by atoms with E-state index in [2.05, 4.69) is 15.3 Å². The van der Waals surface area contributed by atoms with Crippen molar-refractivity contribution in [1.82, 2.24) is 25.1 Å². The highest BCUT2D eigenvalue weighted by molar-refractivity contribution is 5.74. The Hall–Kier alpha value is -2.18. The molecule has 2 fully saturated rings. The van der Waals surface area contributed by atoms with Gasteiger partial charge in [0.25, 0.3) is 0 Å². The van der Waals surface area contributed by atoms with Gasteiger partial charge in [-0.3, -0.25) is 4.79 Å². The first-order chi connectivity index (χ1) is 13.1. The number of carbonyl (C=O) groups is 2. The topological polar surface area (TPSA) is 78.4 Å². The average Bonchev–Trinajstić information content (AvgIpc) is 3.08. The number of nitrogens with zero attached hydrogens (tertiary/aromatic N) is 4. The molecule has 1 unspecified atom stereocenters. The second-order valence-corrected chi connectivity index (χ2v) is 7.80. The van der Waals surface area contributed by atoms with Gasteiger partial charge < -0.3 is 15.1 Å². The van der Waals surface area contributed by atoms with Crippen LogP contribution in [0, 0.1) is 5.92 Å². The summed E-state index contributed by atoms with van der Waals surface area (Å²) in [5.41, 5.74) is 0.933. The zero-order valence-electron chi connectivity index (χ0n) is 16.3. The van der Waals surface area contributed by atoms with Gasteiger partial charge in [0, 0.05) is 57.1 Å². The van der Waals surface area contributed by atoms with Crippen LogP contribution in [0.4, 0.5) is 4.79 Å². The van der Waals surface area contributed by atoms with Crippen molar-refractivity contribution in [3.8, 4) is 0 Å². The third kappa shape index (κ3) is 5.65.